The van der Waals surface area contributed by atoms with Gasteiger partial charge in [-0.2, -0.15) is 0 Å². The third kappa shape index (κ3) is 7.26. The summed E-state index contributed by atoms with van der Waals surface area (Å²) >= 11 is 0. The molecule has 14 nitrogen and oxygen atoms in total. The van der Waals surface area contributed by atoms with Crippen LogP contribution in [0.15, 0.2) is 36.4 Å². The van der Waals surface area contributed by atoms with Gasteiger partial charge in [0.2, 0.25) is 11.5 Å². The Morgan fingerprint density at radius 3 is 1.35 bits per heavy atom. The van der Waals surface area contributed by atoms with Crippen molar-refractivity contribution in [3.05, 3.63) is 58.7 Å². The Morgan fingerprint density at radius 1 is 0.519 bits per heavy atom. The number of carbonyl (C=O) groups excluding carboxylic acids is 1. The van der Waals surface area contributed by atoms with Gasteiger partial charge in [-0.05, 0) is 95.5 Å². The normalized spacial score (nSPS) is 15.2. The van der Waals surface area contributed by atoms with Gasteiger partial charge in [-0.3, -0.25) is 0 Å². The van der Waals surface area contributed by atoms with E-state index in [1.165, 1.54) is 28.4 Å². The number of carbonyl (C=O) groups is 1. The topological polar surface area (TPSA) is 170 Å². The summed E-state index contributed by atoms with van der Waals surface area (Å²) in [5, 5.41) is 31.5. The summed E-state index contributed by atoms with van der Waals surface area (Å²) in [6.07, 6.45) is -0.184. The van der Waals surface area contributed by atoms with Crippen molar-refractivity contribution < 1.29 is 67.5 Å². The van der Waals surface area contributed by atoms with Gasteiger partial charge in [0.1, 0.15) is 0 Å². The van der Waals surface area contributed by atoms with Gasteiger partial charge in [-0.1, -0.05) is 0 Å². The first-order valence-electron chi connectivity index (χ1n) is 16.9. The standard InChI is InChI=1S/C21H24O8.C19H22O6/c1-24-15-10-13-12(9-16(15)29-21(23)28-5)14(22)7-6-11-8-17(25-2)19(26-3)20(27-4)18(11)13;1-22-15-9-12-11(8-14(15)21)13(20)6-5-10-7-16(23-2)18(24-3)19(25-4)17(10)12/h8-10,14,22H,6-7H2,1-5H3;7-9,13,20-21H,5-6H2,1-4H3. The zero-order chi connectivity index (χ0) is 39.3. The van der Waals surface area contributed by atoms with Gasteiger partial charge in [0.25, 0.3) is 0 Å². The highest BCUT2D eigenvalue weighted by Gasteiger charge is 2.31. The molecule has 2 aliphatic rings. The van der Waals surface area contributed by atoms with Gasteiger partial charge < -0.3 is 62.7 Å². The Balaban J connectivity index is 0.000000210. The Hall–Kier alpha value is -5.73. The lowest BCUT2D eigenvalue weighted by Crippen LogP contribution is -2.09. The van der Waals surface area contributed by atoms with Crippen LogP contribution >= 0.6 is 0 Å². The fraction of sp³-hybridized carbons (Fsp3) is 0.375. The maximum atomic E-state index is 11.6. The molecule has 4 aromatic rings. The number of ether oxygens (including phenoxy) is 10. The van der Waals surface area contributed by atoms with Gasteiger partial charge in [-0.25, -0.2) is 4.79 Å². The number of phenols is 1. The quantitative estimate of drug-likeness (QED) is 0.124. The fourth-order valence-electron chi connectivity index (χ4n) is 6.97. The van der Waals surface area contributed by atoms with Crippen LogP contribution in [-0.2, 0) is 17.6 Å². The summed E-state index contributed by atoms with van der Waals surface area (Å²) in [5.41, 5.74) is 6.12. The molecule has 54 heavy (non-hydrogen) atoms. The van der Waals surface area contributed by atoms with E-state index in [1.807, 2.05) is 12.1 Å². The molecule has 0 saturated heterocycles. The molecule has 0 spiro atoms. The second-order valence-corrected chi connectivity index (χ2v) is 12.2. The number of methoxy groups -OCH3 is 9. The number of hydrogen-bond donors (Lipinski definition) is 3. The van der Waals surface area contributed by atoms with E-state index in [2.05, 4.69) is 4.74 Å². The number of aliphatic hydroxyl groups excluding tert-OH is 2. The predicted octanol–water partition coefficient (Wildman–Crippen LogP) is 6.59. The van der Waals surface area contributed by atoms with Crippen LogP contribution < -0.4 is 42.6 Å². The molecule has 0 radical (unpaired) electrons. The monoisotopic (exact) mass is 750 g/mol. The molecule has 2 aliphatic carbocycles. The molecular formula is C40H46O14. The number of aryl methyl sites for hydroxylation is 2. The van der Waals surface area contributed by atoms with E-state index >= 15 is 0 Å². The molecule has 6 rings (SSSR count). The second-order valence-electron chi connectivity index (χ2n) is 12.2. The number of benzene rings is 4. The van der Waals surface area contributed by atoms with Crippen LogP contribution in [0.3, 0.4) is 0 Å². The lowest BCUT2D eigenvalue weighted by atomic mass is 9.93. The molecule has 14 heteroatoms. The molecule has 0 amide bonds. The van der Waals surface area contributed by atoms with Crippen molar-refractivity contribution in [3.63, 3.8) is 0 Å². The lowest BCUT2D eigenvalue weighted by molar-refractivity contribution is 0.119. The summed E-state index contributed by atoms with van der Waals surface area (Å²) in [5.74, 6) is 3.84. The average Bonchev–Trinajstić information content (AvgIpc) is 3.41. The predicted molar refractivity (Wildman–Crippen MR) is 197 cm³/mol. The number of hydrogen-bond acceptors (Lipinski definition) is 14. The van der Waals surface area contributed by atoms with E-state index in [0.717, 1.165) is 27.8 Å². The van der Waals surface area contributed by atoms with E-state index in [0.29, 0.717) is 88.4 Å². The van der Waals surface area contributed by atoms with Crippen LogP contribution in [0.25, 0.3) is 22.3 Å². The highest BCUT2D eigenvalue weighted by atomic mass is 16.7. The third-order valence-corrected chi connectivity index (χ3v) is 9.50. The Kier molecular flexibility index (Phi) is 12.4. The van der Waals surface area contributed by atoms with Crippen molar-refractivity contribution in [1.82, 2.24) is 0 Å². The van der Waals surface area contributed by atoms with Gasteiger partial charge in [0.15, 0.2) is 46.0 Å². The molecule has 0 aromatic heterocycles. The number of aromatic hydroxyl groups is 1. The van der Waals surface area contributed by atoms with Crippen LogP contribution in [0.2, 0.25) is 0 Å². The summed E-state index contributed by atoms with van der Waals surface area (Å²) < 4.78 is 53.6. The molecule has 4 aromatic carbocycles. The first-order valence-corrected chi connectivity index (χ1v) is 16.9. The van der Waals surface area contributed by atoms with Gasteiger partial charge >= 0.3 is 6.16 Å². The first-order chi connectivity index (χ1) is 26.0. The SMILES string of the molecule is COC(=O)Oc1cc2c(cc1OC)-c1c(cc(OC)c(OC)c1OC)CCC2O.COc1cc2c(cc1O)C(O)CCc1cc(OC)c(OC)c(OC)c1-2. The molecule has 0 bridgehead atoms. The summed E-state index contributed by atoms with van der Waals surface area (Å²) in [4.78, 5) is 11.6. The van der Waals surface area contributed by atoms with Crippen LogP contribution in [0, 0.1) is 0 Å². The molecule has 0 aliphatic heterocycles. The van der Waals surface area contributed by atoms with Crippen LogP contribution in [0.4, 0.5) is 4.79 Å². The average molecular weight is 751 g/mol. The molecule has 2 atom stereocenters. The minimum atomic E-state index is -0.879. The summed E-state index contributed by atoms with van der Waals surface area (Å²) in [6, 6.07) is 10.3. The molecule has 290 valence electrons. The van der Waals surface area contributed by atoms with E-state index < -0.39 is 18.4 Å². The zero-order valence-corrected chi connectivity index (χ0v) is 31.8. The fourth-order valence-corrected chi connectivity index (χ4v) is 6.97. The molecule has 2 unspecified atom stereocenters. The highest BCUT2D eigenvalue weighted by Crippen LogP contribution is 2.54. The van der Waals surface area contributed by atoms with Gasteiger partial charge in [0, 0.05) is 11.1 Å². The summed E-state index contributed by atoms with van der Waals surface area (Å²) in [7, 11) is 13.5. The van der Waals surface area contributed by atoms with E-state index in [1.54, 1.807) is 59.8 Å². The van der Waals surface area contributed by atoms with Gasteiger partial charge in [0.05, 0.1) is 76.2 Å². The van der Waals surface area contributed by atoms with Crippen molar-refractivity contribution in [3.8, 4) is 79.7 Å². The summed E-state index contributed by atoms with van der Waals surface area (Å²) in [6.45, 7) is 0. The van der Waals surface area contributed by atoms with Crippen molar-refractivity contribution in [1.29, 1.82) is 0 Å². The van der Waals surface area contributed by atoms with Crippen LogP contribution in [0.1, 0.15) is 47.3 Å². The number of fused-ring (bicyclic) bond motifs is 6. The molecular weight excluding hydrogens is 704 g/mol. The zero-order valence-electron chi connectivity index (χ0n) is 31.8. The van der Waals surface area contributed by atoms with E-state index in [-0.39, 0.29) is 11.5 Å². The van der Waals surface area contributed by atoms with Crippen molar-refractivity contribution in [2.45, 2.75) is 37.9 Å². The Morgan fingerprint density at radius 2 is 0.944 bits per heavy atom. The van der Waals surface area contributed by atoms with E-state index in [4.69, 9.17) is 42.6 Å². The number of phenolic OH excluding ortho intramolecular Hbond substituents is 1. The first kappa shape index (κ1) is 39.5. The van der Waals surface area contributed by atoms with Crippen molar-refractivity contribution in [2.75, 3.05) is 64.0 Å². The highest BCUT2D eigenvalue weighted by molar-refractivity contribution is 5.85. The Labute approximate surface area is 313 Å². The Bertz CT molecular complexity index is 2010. The molecule has 0 fully saturated rings. The third-order valence-electron chi connectivity index (χ3n) is 9.50. The maximum absolute atomic E-state index is 11.6. The number of rotatable bonds is 9. The smallest absolute Gasteiger partial charge is 0.504 e. The van der Waals surface area contributed by atoms with Crippen molar-refractivity contribution >= 4 is 6.16 Å². The van der Waals surface area contributed by atoms with Crippen LogP contribution in [0.5, 0.6) is 57.5 Å². The number of aliphatic hydroxyl groups is 2. The minimum absolute atomic E-state index is 0.0109. The van der Waals surface area contributed by atoms with Gasteiger partial charge in [-0.15, -0.1) is 0 Å². The van der Waals surface area contributed by atoms with Crippen molar-refractivity contribution in [2.24, 2.45) is 0 Å². The molecule has 3 N–H and O–H groups in total. The molecule has 0 heterocycles. The van der Waals surface area contributed by atoms with Crippen LogP contribution in [-0.4, -0.2) is 85.5 Å². The maximum Gasteiger partial charge on any atom is 0.513 e. The second kappa shape index (κ2) is 16.9. The lowest BCUT2D eigenvalue weighted by Gasteiger charge is -2.21. The van der Waals surface area contributed by atoms with E-state index in [9.17, 15) is 20.1 Å². The molecule has 0 saturated carbocycles. The largest absolute Gasteiger partial charge is 0.513 e. The minimum Gasteiger partial charge on any atom is -0.504 e.